The van der Waals surface area contributed by atoms with Crippen molar-refractivity contribution in [2.45, 2.75) is 25.9 Å². The van der Waals surface area contributed by atoms with Gasteiger partial charge >= 0.3 is 20.4 Å². The Morgan fingerprint density at radius 3 is 1.00 bits per heavy atom. The zero-order valence-electron chi connectivity index (χ0n) is 8.37. The Balaban J connectivity index is 0. The van der Waals surface area contributed by atoms with Crippen LogP contribution in [0, 0.1) is 0 Å². The van der Waals surface area contributed by atoms with Gasteiger partial charge in [-0.2, -0.15) is 0 Å². The minimum atomic E-state index is 0. The van der Waals surface area contributed by atoms with Gasteiger partial charge in [-0.15, -0.1) is 0 Å². The van der Waals surface area contributed by atoms with Gasteiger partial charge in [-0.25, -0.2) is 0 Å². The largest absolute Gasteiger partial charge is 2.00 e. The second-order valence-electron chi connectivity index (χ2n) is 3.41. The van der Waals surface area contributed by atoms with Crippen LogP contribution in [0.2, 0.25) is 0 Å². The molecule has 0 N–H and O–H groups in total. The van der Waals surface area contributed by atoms with E-state index in [1.54, 1.807) is 0 Å². The molecule has 0 aliphatic carbocycles. The van der Waals surface area contributed by atoms with Gasteiger partial charge in [0.2, 0.25) is 0 Å². The first-order chi connectivity index (χ1) is 4.46. The van der Waals surface area contributed by atoms with E-state index < -0.39 is 0 Å². The molecule has 0 fully saturated rings. The standard InChI is InChI=1S/C8H20N2.Pd/c1-7(9(3)4)8(2)10(5)6;/h7-8H,1-6H3;/q;+2. The SMILES string of the molecule is CC(C(C)N(C)C)N(C)C.[Pd+2]. The first kappa shape index (κ1) is 14.1. The van der Waals surface area contributed by atoms with Gasteiger partial charge in [0.1, 0.15) is 0 Å². The summed E-state index contributed by atoms with van der Waals surface area (Å²) in [5.74, 6) is 0. The second kappa shape index (κ2) is 6.14. The first-order valence-corrected chi connectivity index (χ1v) is 3.79. The molecule has 0 spiro atoms. The Hall–Kier alpha value is 0.582. The van der Waals surface area contributed by atoms with Crippen LogP contribution in [-0.4, -0.2) is 50.1 Å². The van der Waals surface area contributed by atoms with Crippen molar-refractivity contribution in [3.05, 3.63) is 0 Å². The Morgan fingerprint density at radius 1 is 0.727 bits per heavy atom. The normalized spacial score (nSPS) is 16.4. The number of hydrogen-bond acceptors (Lipinski definition) is 2. The summed E-state index contributed by atoms with van der Waals surface area (Å²) >= 11 is 0. The molecule has 0 saturated carbocycles. The first-order valence-electron chi connectivity index (χ1n) is 3.79. The molecule has 11 heavy (non-hydrogen) atoms. The molecule has 0 aliphatic rings. The predicted molar refractivity (Wildman–Crippen MR) is 46.3 cm³/mol. The van der Waals surface area contributed by atoms with E-state index in [0.717, 1.165) is 0 Å². The fourth-order valence-electron chi connectivity index (χ4n) is 0.863. The van der Waals surface area contributed by atoms with Crippen molar-refractivity contribution < 1.29 is 20.4 Å². The summed E-state index contributed by atoms with van der Waals surface area (Å²) in [6.45, 7) is 4.48. The number of hydrogen-bond donors (Lipinski definition) is 0. The molecule has 0 aromatic heterocycles. The van der Waals surface area contributed by atoms with E-state index >= 15 is 0 Å². The van der Waals surface area contributed by atoms with Crippen molar-refractivity contribution in [3.8, 4) is 0 Å². The van der Waals surface area contributed by atoms with Gasteiger partial charge in [0, 0.05) is 12.1 Å². The summed E-state index contributed by atoms with van der Waals surface area (Å²) < 4.78 is 0. The summed E-state index contributed by atoms with van der Waals surface area (Å²) in [6.07, 6.45) is 0. The van der Waals surface area contributed by atoms with Crippen LogP contribution < -0.4 is 0 Å². The molecular formula is C8H20N2Pd+2. The van der Waals surface area contributed by atoms with Gasteiger partial charge in [0.25, 0.3) is 0 Å². The fraction of sp³-hybridized carbons (Fsp3) is 1.00. The van der Waals surface area contributed by atoms with Gasteiger partial charge in [-0.05, 0) is 42.0 Å². The zero-order valence-corrected chi connectivity index (χ0v) is 9.92. The maximum absolute atomic E-state index is 2.24. The van der Waals surface area contributed by atoms with Crippen LogP contribution in [0.25, 0.3) is 0 Å². The molecule has 0 amide bonds. The van der Waals surface area contributed by atoms with Crippen molar-refractivity contribution in [1.82, 2.24) is 9.80 Å². The van der Waals surface area contributed by atoms with Crippen LogP contribution in [0.15, 0.2) is 0 Å². The van der Waals surface area contributed by atoms with Crippen LogP contribution in [-0.2, 0) is 20.4 Å². The summed E-state index contributed by atoms with van der Waals surface area (Å²) in [5, 5.41) is 0. The van der Waals surface area contributed by atoms with Gasteiger partial charge < -0.3 is 9.80 Å². The Bertz CT molecular complexity index is 82.1. The summed E-state index contributed by atoms with van der Waals surface area (Å²) in [4.78, 5) is 4.48. The molecule has 2 nitrogen and oxygen atoms in total. The molecule has 0 aromatic rings. The minimum Gasteiger partial charge on any atom is -0.305 e. The molecule has 0 radical (unpaired) electrons. The minimum absolute atomic E-state index is 0. The summed E-state index contributed by atoms with van der Waals surface area (Å²) in [7, 11) is 8.46. The van der Waals surface area contributed by atoms with Crippen molar-refractivity contribution in [1.29, 1.82) is 0 Å². The van der Waals surface area contributed by atoms with Gasteiger partial charge in [0.15, 0.2) is 0 Å². The van der Waals surface area contributed by atoms with Gasteiger partial charge in [-0.1, -0.05) is 0 Å². The van der Waals surface area contributed by atoms with Gasteiger partial charge in [-0.3, -0.25) is 0 Å². The van der Waals surface area contributed by atoms with E-state index in [2.05, 4.69) is 51.8 Å². The Morgan fingerprint density at radius 2 is 0.909 bits per heavy atom. The van der Waals surface area contributed by atoms with Crippen molar-refractivity contribution in [2.24, 2.45) is 0 Å². The average Bonchev–Trinajstić information content (AvgIpc) is 1.84. The second-order valence-corrected chi connectivity index (χ2v) is 3.41. The predicted octanol–water partition coefficient (Wildman–Crippen LogP) is 0.884. The molecule has 0 aliphatic heterocycles. The fourth-order valence-corrected chi connectivity index (χ4v) is 0.863. The molecule has 2 atom stereocenters. The number of nitrogens with zero attached hydrogens (tertiary/aromatic N) is 2. The third kappa shape index (κ3) is 4.92. The van der Waals surface area contributed by atoms with Crippen molar-refractivity contribution in [3.63, 3.8) is 0 Å². The van der Waals surface area contributed by atoms with E-state index in [-0.39, 0.29) is 20.4 Å². The maximum atomic E-state index is 2.24. The van der Waals surface area contributed by atoms with Crippen LogP contribution in [0.4, 0.5) is 0 Å². The maximum Gasteiger partial charge on any atom is 2.00 e. The van der Waals surface area contributed by atoms with Crippen molar-refractivity contribution in [2.75, 3.05) is 28.2 Å². The van der Waals surface area contributed by atoms with Crippen LogP contribution in [0.1, 0.15) is 13.8 Å². The number of rotatable bonds is 3. The molecule has 0 heterocycles. The van der Waals surface area contributed by atoms with E-state index in [4.69, 9.17) is 0 Å². The third-order valence-electron chi connectivity index (χ3n) is 2.33. The quantitative estimate of drug-likeness (QED) is 0.687. The molecule has 0 rings (SSSR count). The van der Waals surface area contributed by atoms with E-state index in [1.807, 2.05) is 0 Å². The van der Waals surface area contributed by atoms with E-state index in [9.17, 15) is 0 Å². The summed E-state index contributed by atoms with van der Waals surface area (Å²) in [5.41, 5.74) is 0. The zero-order chi connectivity index (χ0) is 8.31. The third-order valence-corrected chi connectivity index (χ3v) is 2.33. The number of likely N-dealkylation sites (N-methyl/N-ethyl adjacent to an activating group) is 2. The molecule has 0 saturated heterocycles. The molecule has 0 bridgehead atoms. The average molecular weight is 251 g/mol. The molecule has 2 unspecified atom stereocenters. The molecule has 0 aromatic carbocycles. The topological polar surface area (TPSA) is 6.48 Å². The van der Waals surface area contributed by atoms with Crippen LogP contribution >= 0.6 is 0 Å². The van der Waals surface area contributed by atoms with Crippen molar-refractivity contribution >= 4 is 0 Å². The van der Waals surface area contributed by atoms with Crippen LogP contribution in [0.5, 0.6) is 0 Å². The Labute approximate surface area is 84.6 Å². The smallest absolute Gasteiger partial charge is 0.305 e. The van der Waals surface area contributed by atoms with Gasteiger partial charge in [0.05, 0.1) is 0 Å². The van der Waals surface area contributed by atoms with E-state index in [0.29, 0.717) is 12.1 Å². The van der Waals surface area contributed by atoms with E-state index in [1.165, 1.54) is 0 Å². The van der Waals surface area contributed by atoms with Crippen LogP contribution in [0.3, 0.4) is 0 Å². The summed E-state index contributed by atoms with van der Waals surface area (Å²) in [6, 6.07) is 1.24. The molecular weight excluding hydrogens is 231 g/mol. The molecule has 70 valence electrons. The monoisotopic (exact) mass is 250 g/mol. The Kier molecular flexibility index (Phi) is 7.88. The molecule has 3 heteroatoms.